The van der Waals surface area contributed by atoms with Crippen molar-refractivity contribution < 1.29 is 14.3 Å². The Labute approximate surface area is 126 Å². The molecular formula is C14H11Cl2NO3. The summed E-state index contributed by atoms with van der Waals surface area (Å²) < 4.78 is 10.4. The van der Waals surface area contributed by atoms with Gasteiger partial charge in [0.1, 0.15) is 5.56 Å². The van der Waals surface area contributed by atoms with Crippen LogP contribution in [0.2, 0.25) is 10.0 Å². The van der Waals surface area contributed by atoms with Crippen molar-refractivity contribution in [1.29, 1.82) is 0 Å². The molecule has 2 aromatic rings. The molecule has 0 aliphatic rings. The van der Waals surface area contributed by atoms with Gasteiger partial charge in [0, 0.05) is 18.0 Å². The molecule has 0 amide bonds. The average Bonchev–Trinajstić information content (AvgIpc) is 2.46. The summed E-state index contributed by atoms with van der Waals surface area (Å²) in [6.07, 6.45) is 3.05. The van der Waals surface area contributed by atoms with Crippen LogP contribution in [0.15, 0.2) is 30.6 Å². The monoisotopic (exact) mass is 311 g/mol. The molecule has 2 rings (SSSR count). The third-order valence-electron chi connectivity index (χ3n) is 2.72. The summed E-state index contributed by atoms with van der Waals surface area (Å²) in [5.74, 6) is 0.162. The molecule has 1 aromatic carbocycles. The van der Waals surface area contributed by atoms with Crippen LogP contribution in [-0.2, 0) is 0 Å². The fourth-order valence-electron chi connectivity index (χ4n) is 1.84. The number of benzene rings is 1. The molecule has 4 nitrogen and oxygen atoms in total. The van der Waals surface area contributed by atoms with Gasteiger partial charge >= 0.3 is 0 Å². The van der Waals surface area contributed by atoms with Gasteiger partial charge in [-0.3, -0.25) is 9.78 Å². The van der Waals surface area contributed by atoms with Crippen LogP contribution in [0.4, 0.5) is 0 Å². The van der Waals surface area contributed by atoms with Gasteiger partial charge in [0.05, 0.1) is 24.3 Å². The highest BCUT2D eigenvalue weighted by Gasteiger charge is 2.25. The molecule has 0 aliphatic heterocycles. The molecule has 1 heterocycles. The number of aromatic nitrogens is 1. The van der Waals surface area contributed by atoms with E-state index < -0.39 is 0 Å². The highest BCUT2D eigenvalue weighted by atomic mass is 35.5. The Bertz CT molecular complexity index is 616. The summed E-state index contributed by atoms with van der Waals surface area (Å²) in [6.45, 7) is 0. The molecule has 0 atom stereocenters. The molecular weight excluding hydrogens is 301 g/mol. The Morgan fingerprint density at radius 3 is 2.00 bits per heavy atom. The van der Waals surface area contributed by atoms with E-state index in [4.69, 9.17) is 32.7 Å². The molecule has 0 aliphatic carbocycles. The number of nitrogens with zero attached hydrogens (tertiary/aromatic N) is 1. The van der Waals surface area contributed by atoms with Crippen molar-refractivity contribution in [3.8, 4) is 11.5 Å². The number of carbonyl (C=O) groups is 1. The molecule has 6 heteroatoms. The van der Waals surface area contributed by atoms with Gasteiger partial charge in [0.15, 0.2) is 11.5 Å². The van der Waals surface area contributed by atoms with E-state index in [0.29, 0.717) is 5.56 Å². The van der Waals surface area contributed by atoms with E-state index in [-0.39, 0.29) is 32.9 Å². The molecule has 0 N–H and O–H groups in total. The standard InChI is InChI=1S/C14H11Cl2NO3/c1-19-13-9(15)7-10(16)14(20-2)11(13)12(18)8-3-5-17-6-4-8/h3-7H,1-2H3. The number of rotatable bonds is 4. The summed E-state index contributed by atoms with van der Waals surface area (Å²) in [5.41, 5.74) is 0.633. The van der Waals surface area contributed by atoms with Crippen LogP contribution in [0.5, 0.6) is 11.5 Å². The fraction of sp³-hybridized carbons (Fsp3) is 0.143. The lowest BCUT2D eigenvalue weighted by Crippen LogP contribution is -2.07. The number of carbonyl (C=O) groups excluding carboxylic acids is 1. The number of pyridine rings is 1. The third kappa shape index (κ3) is 2.57. The van der Waals surface area contributed by atoms with E-state index >= 15 is 0 Å². The normalized spacial score (nSPS) is 10.2. The van der Waals surface area contributed by atoms with E-state index in [1.165, 1.54) is 32.7 Å². The minimum absolute atomic E-state index is 0.193. The molecule has 0 spiro atoms. The predicted molar refractivity (Wildman–Crippen MR) is 77.2 cm³/mol. The quantitative estimate of drug-likeness (QED) is 0.809. The van der Waals surface area contributed by atoms with Crippen LogP contribution in [0.25, 0.3) is 0 Å². The zero-order chi connectivity index (χ0) is 14.7. The lowest BCUT2D eigenvalue weighted by Gasteiger charge is -2.15. The van der Waals surface area contributed by atoms with Crippen LogP contribution in [0, 0.1) is 0 Å². The number of ketones is 1. The second kappa shape index (κ2) is 6.11. The second-order valence-electron chi connectivity index (χ2n) is 3.85. The summed E-state index contributed by atoms with van der Waals surface area (Å²) in [4.78, 5) is 16.5. The second-order valence-corrected chi connectivity index (χ2v) is 4.66. The molecule has 0 bridgehead atoms. The number of halogens is 2. The first-order valence-corrected chi connectivity index (χ1v) is 6.40. The first-order chi connectivity index (χ1) is 9.60. The lowest BCUT2D eigenvalue weighted by molar-refractivity contribution is 0.103. The third-order valence-corrected chi connectivity index (χ3v) is 3.28. The zero-order valence-electron chi connectivity index (χ0n) is 10.8. The van der Waals surface area contributed by atoms with Crippen molar-refractivity contribution in [2.75, 3.05) is 14.2 Å². The maximum Gasteiger partial charge on any atom is 0.200 e. The topological polar surface area (TPSA) is 48.4 Å². The maximum absolute atomic E-state index is 12.6. The molecule has 20 heavy (non-hydrogen) atoms. The first kappa shape index (κ1) is 14.6. The Kier molecular flexibility index (Phi) is 4.47. The van der Waals surface area contributed by atoms with Gasteiger partial charge in [0.2, 0.25) is 5.78 Å². The Hall–Kier alpha value is -1.78. The van der Waals surface area contributed by atoms with E-state index in [1.807, 2.05) is 0 Å². The molecule has 1 aromatic heterocycles. The minimum atomic E-state index is -0.300. The largest absolute Gasteiger partial charge is 0.494 e. The Morgan fingerprint density at radius 2 is 1.55 bits per heavy atom. The van der Waals surface area contributed by atoms with Gasteiger partial charge in [0.25, 0.3) is 0 Å². The molecule has 0 saturated carbocycles. The van der Waals surface area contributed by atoms with Gasteiger partial charge in [-0.15, -0.1) is 0 Å². The molecule has 104 valence electrons. The minimum Gasteiger partial charge on any atom is -0.494 e. The van der Waals surface area contributed by atoms with Crippen molar-refractivity contribution in [3.63, 3.8) is 0 Å². The fourth-order valence-corrected chi connectivity index (χ4v) is 2.45. The molecule has 0 saturated heterocycles. The van der Waals surface area contributed by atoms with Crippen molar-refractivity contribution in [2.45, 2.75) is 0 Å². The van der Waals surface area contributed by atoms with E-state index in [9.17, 15) is 4.79 Å². The summed E-state index contributed by atoms with van der Waals surface area (Å²) in [6, 6.07) is 4.66. The Morgan fingerprint density at radius 1 is 1.05 bits per heavy atom. The van der Waals surface area contributed by atoms with E-state index in [2.05, 4.69) is 4.98 Å². The molecule has 0 unspecified atom stereocenters. The van der Waals surface area contributed by atoms with Crippen LogP contribution in [0.3, 0.4) is 0 Å². The van der Waals surface area contributed by atoms with Crippen LogP contribution < -0.4 is 9.47 Å². The Balaban J connectivity index is 2.69. The number of hydrogen-bond acceptors (Lipinski definition) is 4. The summed E-state index contributed by atoms with van der Waals surface area (Å²) in [5, 5.41) is 0.492. The highest BCUT2D eigenvalue weighted by Crippen LogP contribution is 2.42. The lowest BCUT2D eigenvalue weighted by atomic mass is 10.0. The van der Waals surface area contributed by atoms with E-state index in [0.717, 1.165) is 0 Å². The SMILES string of the molecule is COc1c(Cl)cc(Cl)c(OC)c1C(=O)c1ccncc1. The maximum atomic E-state index is 12.6. The van der Waals surface area contributed by atoms with Crippen molar-refractivity contribution >= 4 is 29.0 Å². The smallest absolute Gasteiger partial charge is 0.200 e. The summed E-state index contributed by atoms with van der Waals surface area (Å²) in [7, 11) is 2.86. The molecule has 0 radical (unpaired) electrons. The number of ether oxygens (including phenoxy) is 2. The predicted octanol–water partition coefficient (Wildman–Crippen LogP) is 3.64. The van der Waals surface area contributed by atoms with Crippen LogP contribution in [0.1, 0.15) is 15.9 Å². The van der Waals surface area contributed by atoms with Crippen LogP contribution >= 0.6 is 23.2 Å². The highest BCUT2D eigenvalue weighted by molar-refractivity contribution is 6.38. The average molecular weight is 312 g/mol. The zero-order valence-corrected chi connectivity index (χ0v) is 12.3. The van der Waals surface area contributed by atoms with Gasteiger partial charge in [-0.1, -0.05) is 23.2 Å². The number of methoxy groups -OCH3 is 2. The van der Waals surface area contributed by atoms with E-state index in [1.54, 1.807) is 12.1 Å². The molecule has 0 fully saturated rings. The van der Waals surface area contributed by atoms with Crippen molar-refractivity contribution in [2.24, 2.45) is 0 Å². The van der Waals surface area contributed by atoms with Gasteiger partial charge < -0.3 is 9.47 Å². The van der Waals surface area contributed by atoms with Crippen molar-refractivity contribution in [1.82, 2.24) is 4.98 Å². The number of hydrogen-bond donors (Lipinski definition) is 0. The first-order valence-electron chi connectivity index (χ1n) is 5.64. The van der Waals surface area contributed by atoms with Crippen LogP contribution in [-0.4, -0.2) is 25.0 Å². The van der Waals surface area contributed by atoms with Gasteiger partial charge in [-0.25, -0.2) is 0 Å². The van der Waals surface area contributed by atoms with Crippen molar-refractivity contribution in [3.05, 3.63) is 51.8 Å². The van der Waals surface area contributed by atoms with Gasteiger partial charge in [-0.05, 0) is 18.2 Å². The summed E-state index contributed by atoms with van der Waals surface area (Å²) >= 11 is 12.1. The van der Waals surface area contributed by atoms with Gasteiger partial charge in [-0.2, -0.15) is 0 Å².